The van der Waals surface area contributed by atoms with Crippen molar-refractivity contribution < 1.29 is 14.3 Å². The van der Waals surface area contributed by atoms with E-state index in [0.29, 0.717) is 17.5 Å². The van der Waals surface area contributed by atoms with Crippen molar-refractivity contribution in [1.29, 1.82) is 0 Å². The van der Waals surface area contributed by atoms with E-state index in [-0.39, 0.29) is 18.2 Å². The van der Waals surface area contributed by atoms with Gasteiger partial charge in [-0.25, -0.2) is 0 Å². The van der Waals surface area contributed by atoms with Crippen molar-refractivity contribution in [3.8, 4) is 5.75 Å². The highest BCUT2D eigenvalue weighted by atomic mass is 32.2. The molecule has 0 saturated carbocycles. The van der Waals surface area contributed by atoms with Gasteiger partial charge in [0.2, 0.25) is 11.8 Å². The Hall–Kier alpha value is -2.02. The predicted molar refractivity (Wildman–Crippen MR) is 88.4 cm³/mol. The number of amides is 2. The summed E-state index contributed by atoms with van der Waals surface area (Å²) < 4.78 is 5.35. The molecule has 1 aliphatic rings. The summed E-state index contributed by atoms with van der Waals surface area (Å²) in [6, 6.07) is 7.15. The molecule has 1 unspecified atom stereocenters. The van der Waals surface area contributed by atoms with Crippen LogP contribution in [0.2, 0.25) is 0 Å². The molecule has 1 atom stereocenters. The van der Waals surface area contributed by atoms with Crippen LogP contribution in [0.4, 0.5) is 5.69 Å². The number of carbonyl (C=O) groups excluding carboxylic acids is 2. The Kier molecular flexibility index (Phi) is 5.43. The molecule has 0 radical (unpaired) electrons. The number of rotatable bonds is 4. The van der Waals surface area contributed by atoms with Crippen LogP contribution >= 0.6 is 11.8 Å². The highest BCUT2D eigenvalue weighted by Crippen LogP contribution is 2.26. The molecule has 1 aromatic rings. The third-order valence-electron chi connectivity index (χ3n) is 3.19. The van der Waals surface area contributed by atoms with Gasteiger partial charge in [0, 0.05) is 26.2 Å². The van der Waals surface area contributed by atoms with Crippen LogP contribution in [0.15, 0.2) is 29.3 Å². The van der Waals surface area contributed by atoms with E-state index in [1.165, 1.54) is 16.7 Å². The Bertz CT molecular complexity index is 586. The lowest BCUT2D eigenvalue weighted by Gasteiger charge is -2.28. The van der Waals surface area contributed by atoms with Gasteiger partial charge in [0.05, 0.1) is 6.61 Å². The minimum Gasteiger partial charge on any atom is -0.494 e. The lowest BCUT2D eigenvalue weighted by molar-refractivity contribution is -0.128. The Labute approximate surface area is 133 Å². The second-order valence-electron chi connectivity index (χ2n) is 4.72. The maximum absolute atomic E-state index is 12.3. The van der Waals surface area contributed by atoms with Crippen molar-refractivity contribution in [3.63, 3.8) is 0 Å². The molecule has 1 aromatic carbocycles. The molecule has 0 aromatic heterocycles. The van der Waals surface area contributed by atoms with Gasteiger partial charge in [-0.15, -0.1) is 0 Å². The summed E-state index contributed by atoms with van der Waals surface area (Å²) in [5, 5.41) is 2.91. The highest BCUT2D eigenvalue weighted by molar-refractivity contribution is 8.15. The first kappa shape index (κ1) is 16.4. The number of nitrogens with zero attached hydrogens (tertiary/aromatic N) is 2. The molecule has 0 bridgehead atoms. The van der Waals surface area contributed by atoms with E-state index in [2.05, 4.69) is 10.3 Å². The first-order valence-corrected chi connectivity index (χ1v) is 7.86. The molecule has 0 aliphatic carbocycles. The summed E-state index contributed by atoms with van der Waals surface area (Å²) in [6.07, 6.45) is 0.170. The molecule has 22 heavy (non-hydrogen) atoms. The van der Waals surface area contributed by atoms with E-state index >= 15 is 0 Å². The number of carbonyl (C=O) groups is 2. The number of thioether (sulfide) groups is 1. The van der Waals surface area contributed by atoms with E-state index < -0.39 is 5.25 Å². The van der Waals surface area contributed by atoms with E-state index in [9.17, 15) is 9.59 Å². The van der Waals surface area contributed by atoms with E-state index in [4.69, 9.17) is 4.74 Å². The molecule has 2 rings (SSSR count). The van der Waals surface area contributed by atoms with Crippen molar-refractivity contribution in [2.75, 3.05) is 26.0 Å². The molecule has 1 fully saturated rings. The van der Waals surface area contributed by atoms with Crippen LogP contribution in [0.1, 0.15) is 13.3 Å². The lowest BCUT2D eigenvalue weighted by Crippen LogP contribution is -2.43. The average molecular weight is 321 g/mol. The predicted octanol–water partition coefficient (Wildman–Crippen LogP) is 1.97. The zero-order valence-corrected chi connectivity index (χ0v) is 13.6. The Balaban J connectivity index is 2.01. The summed E-state index contributed by atoms with van der Waals surface area (Å²) in [4.78, 5) is 29.7. The highest BCUT2D eigenvalue weighted by Gasteiger charge is 2.33. The van der Waals surface area contributed by atoms with Gasteiger partial charge in [0.15, 0.2) is 5.17 Å². The lowest BCUT2D eigenvalue weighted by atomic mass is 10.2. The van der Waals surface area contributed by atoms with Gasteiger partial charge >= 0.3 is 0 Å². The van der Waals surface area contributed by atoms with Gasteiger partial charge in [-0.2, -0.15) is 0 Å². The fourth-order valence-corrected chi connectivity index (χ4v) is 3.03. The molecular formula is C15H19N3O3S. The smallest absolute Gasteiger partial charge is 0.238 e. The zero-order chi connectivity index (χ0) is 16.1. The molecule has 2 amide bonds. The molecule has 1 saturated heterocycles. The van der Waals surface area contributed by atoms with Crippen molar-refractivity contribution in [1.82, 2.24) is 4.90 Å². The third-order valence-corrected chi connectivity index (χ3v) is 4.52. The summed E-state index contributed by atoms with van der Waals surface area (Å²) in [6.45, 7) is 2.51. The number of benzene rings is 1. The molecule has 1 heterocycles. The van der Waals surface area contributed by atoms with Gasteiger partial charge in [-0.05, 0) is 31.2 Å². The number of ether oxygens (including phenoxy) is 1. The Morgan fingerprint density at radius 2 is 2.14 bits per heavy atom. The molecule has 1 aliphatic heterocycles. The van der Waals surface area contributed by atoms with Crippen molar-refractivity contribution >= 4 is 34.4 Å². The van der Waals surface area contributed by atoms with Gasteiger partial charge in [0.1, 0.15) is 11.0 Å². The van der Waals surface area contributed by atoms with Gasteiger partial charge in [0.25, 0.3) is 0 Å². The molecule has 7 heteroatoms. The van der Waals surface area contributed by atoms with Crippen molar-refractivity contribution in [2.24, 2.45) is 4.99 Å². The summed E-state index contributed by atoms with van der Waals surface area (Å²) >= 11 is 1.30. The standard InChI is InChI=1S/C15H19N3O3S/c1-4-21-11-7-5-10(6-8-11)17-14(20)12-9-13(19)18(3)15(16-2)22-12/h5-8,12H,4,9H2,1-3H3,(H,17,20). The normalized spacial score (nSPS) is 20.1. The molecule has 118 valence electrons. The van der Waals surface area contributed by atoms with Crippen molar-refractivity contribution in [2.45, 2.75) is 18.6 Å². The van der Waals surface area contributed by atoms with Gasteiger partial charge in [-0.1, -0.05) is 11.8 Å². The largest absolute Gasteiger partial charge is 0.494 e. The molecule has 0 spiro atoms. The summed E-state index contributed by atoms with van der Waals surface area (Å²) in [5.74, 6) is 0.452. The van der Waals surface area contributed by atoms with Crippen LogP contribution in [0.3, 0.4) is 0 Å². The maximum Gasteiger partial charge on any atom is 0.238 e. The molecule has 6 nitrogen and oxygen atoms in total. The van der Waals surface area contributed by atoms with Crippen LogP contribution in [0.5, 0.6) is 5.75 Å². The fourth-order valence-electron chi connectivity index (χ4n) is 2.02. The quantitative estimate of drug-likeness (QED) is 0.920. The summed E-state index contributed by atoms with van der Waals surface area (Å²) in [7, 11) is 3.27. The number of nitrogens with one attached hydrogen (secondary N) is 1. The topological polar surface area (TPSA) is 71.0 Å². The molecular weight excluding hydrogens is 302 g/mol. The molecule has 1 N–H and O–H groups in total. The maximum atomic E-state index is 12.3. The summed E-state index contributed by atoms with van der Waals surface area (Å²) in [5.41, 5.74) is 0.676. The number of amidine groups is 1. The Morgan fingerprint density at radius 3 is 2.73 bits per heavy atom. The van der Waals surface area contributed by atoms with Gasteiger partial charge < -0.3 is 10.1 Å². The Morgan fingerprint density at radius 1 is 1.45 bits per heavy atom. The van der Waals surface area contributed by atoms with Gasteiger partial charge in [-0.3, -0.25) is 19.5 Å². The van der Waals surface area contributed by atoms with Crippen LogP contribution in [0, 0.1) is 0 Å². The average Bonchev–Trinajstić information content (AvgIpc) is 2.52. The zero-order valence-electron chi connectivity index (χ0n) is 12.8. The van der Waals surface area contributed by atoms with E-state index in [1.807, 2.05) is 6.92 Å². The minimum absolute atomic E-state index is 0.105. The van der Waals surface area contributed by atoms with Crippen molar-refractivity contribution in [3.05, 3.63) is 24.3 Å². The number of aliphatic imine (C=N–C) groups is 1. The monoisotopic (exact) mass is 321 g/mol. The fraction of sp³-hybridized carbons (Fsp3) is 0.400. The van der Waals surface area contributed by atoms with E-state index in [0.717, 1.165) is 5.75 Å². The first-order valence-electron chi connectivity index (χ1n) is 6.99. The minimum atomic E-state index is -0.464. The second-order valence-corrected chi connectivity index (χ2v) is 5.89. The number of hydrogen-bond donors (Lipinski definition) is 1. The third kappa shape index (κ3) is 3.79. The van der Waals surface area contributed by atoms with Crippen LogP contribution in [-0.2, 0) is 9.59 Å². The SMILES string of the molecule is CCOc1ccc(NC(=O)C2CC(=O)N(C)C(=NC)S2)cc1. The van der Waals surface area contributed by atoms with E-state index in [1.54, 1.807) is 38.4 Å². The number of anilines is 1. The van der Waals surface area contributed by atoms with Crippen LogP contribution in [-0.4, -0.2) is 47.8 Å². The first-order chi connectivity index (χ1) is 10.5. The van der Waals surface area contributed by atoms with Crippen LogP contribution in [0.25, 0.3) is 0 Å². The second kappa shape index (κ2) is 7.31. The van der Waals surface area contributed by atoms with Crippen LogP contribution < -0.4 is 10.1 Å². The number of hydrogen-bond acceptors (Lipinski definition) is 5.